The van der Waals surface area contributed by atoms with Gasteiger partial charge in [-0.2, -0.15) is 4.98 Å². The third kappa shape index (κ3) is 2.43. The SMILES string of the molecule is CNC(=O)Cc1noc(C=C2CCC2)n1. The summed E-state index contributed by atoms with van der Waals surface area (Å²) in [4.78, 5) is 15.1. The molecule has 0 saturated heterocycles. The van der Waals surface area contributed by atoms with Gasteiger partial charge in [-0.05, 0) is 19.3 Å². The van der Waals surface area contributed by atoms with Gasteiger partial charge in [0.2, 0.25) is 5.91 Å². The largest absolute Gasteiger partial charge is 0.359 e. The molecule has 0 aromatic carbocycles. The molecule has 0 aliphatic heterocycles. The van der Waals surface area contributed by atoms with Crippen LogP contribution in [-0.2, 0) is 11.2 Å². The standard InChI is InChI=1S/C10H13N3O2/c1-11-9(14)6-8-12-10(15-13-8)5-7-3-2-4-7/h5H,2-4,6H2,1H3,(H,11,14). The van der Waals surface area contributed by atoms with Gasteiger partial charge in [0.1, 0.15) is 0 Å². The van der Waals surface area contributed by atoms with E-state index in [0.717, 1.165) is 12.8 Å². The lowest BCUT2D eigenvalue weighted by Crippen LogP contribution is -2.20. The molecule has 5 nitrogen and oxygen atoms in total. The topological polar surface area (TPSA) is 68.0 Å². The normalized spacial score (nSPS) is 14.6. The number of amides is 1. The second kappa shape index (κ2) is 4.25. The lowest BCUT2D eigenvalue weighted by atomic mass is 9.92. The number of likely N-dealkylation sites (N-methyl/N-ethyl adjacent to an activating group) is 1. The Hall–Kier alpha value is -1.65. The molecular weight excluding hydrogens is 194 g/mol. The monoisotopic (exact) mass is 207 g/mol. The van der Waals surface area contributed by atoms with Crippen molar-refractivity contribution in [3.05, 3.63) is 17.3 Å². The molecule has 0 bridgehead atoms. The first kappa shape index (κ1) is 9.89. The predicted octanol–water partition coefficient (Wildman–Crippen LogP) is 0.925. The summed E-state index contributed by atoms with van der Waals surface area (Å²) in [5.74, 6) is 0.822. The Labute approximate surface area is 87.6 Å². The Morgan fingerprint density at radius 2 is 2.40 bits per heavy atom. The third-order valence-electron chi connectivity index (χ3n) is 2.40. The third-order valence-corrected chi connectivity index (χ3v) is 2.40. The van der Waals surface area contributed by atoms with Gasteiger partial charge in [-0.1, -0.05) is 10.7 Å². The highest BCUT2D eigenvalue weighted by Crippen LogP contribution is 2.26. The molecule has 0 spiro atoms. The van der Waals surface area contributed by atoms with E-state index >= 15 is 0 Å². The number of hydrogen-bond donors (Lipinski definition) is 1. The van der Waals surface area contributed by atoms with Crippen LogP contribution in [0.4, 0.5) is 0 Å². The lowest BCUT2D eigenvalue weighted by molar-refractivity contribution is -0.120. The fraction of sp³-hybridized carbons (Fsp3) is 0.500. The van der Waals surface area contributed by atoms with Crippen LogP contribution in [0.3, 0.4) is 0 Å². The van der Waals surface area contributed by atoms with E-state index in [1.165, 1.54) is 12.0 Å². The van der Waals surface area contributed by atoms with Crippen molar-refractivity contribution in [2.45, 2.75) is 25.7 Å². The predicted molar refractivity (Wildman–Crippen MR) is 53.9 cm³/mol. The molecule has 15 heavy (non-hydrogen) atoms. The van der Waals surface area contributed by atoms with E-state index in [9.17, 15) is 4.79 Å². The molecule has 1 saturated carbocycles. The first-order valence-corrected chi connectivity index (χ1v) is 5.00. The maximum Gasteiger partial charge on any atom is 0.250 e. The van der Waals surface area contributed by atoms with Gasteiger partial charge in [0.15, 0.2) is 5.82 Å². The average molecular weight is 207 g/mol. The van der Waals surface area contributed by atoms with Crippen molar-refractivity contribution in [1.82, 2.24) is 15.5 Å². The van der Waals surface area contributed by atoms with E-state index in [0.29, 0.717) is 11.7 Å². The van der Waals surface area contributed by atoms with Gasteiger partial charge in [0, 0.05) is 13.1 Å². The van der Waals surface area contributed by atoms with Gasteiger partial charge in [0.05, 0.1) is 6.42 Å². The summed E-state index contributed by atoms with van der Waals surface area (Å²) in [6, 6.07) is 0. The fourth-order valence-corrected chi connectivity index (χ4v) is 1.33. The van der Waals surface area contributed by atoms with Crippen molar-refractivity contribution in [1.29, 1.82) is 0 Å². The maximum atomic E-state index is 11.0. The Kier molecular flexibility index (Phi) is 2.80. The fourth-order valence-electron chi connectivity index (χ4n) is 1.33. The van der Waals surface area contributed by atoms with E-state index < -0.39 is 0 Å². The van der Waals surface area contributed by atoms with E-state index in [1.807, 2.05) is 6.08 Å². The van der Waals surface area contributed by atoms with Crippen molar-refractivity contribution in [3.63, 3.8) is 0 Å². The van der Waals surface area contributed by atoms with Crippen LogP contribution in [0.5, 0.6) is 0 Å². The smallest absolute Gasteiger partial charge is 0.250 e. The van der Waals surface area contributed by atoms with Gasteiger partial charge in [-0.3, -0.25) is 4.79 Å². The van der Waals surface area contributed by atoms with Crippen LogP contribution < -0.4 is 5.32 Å². The quantitative estimate of drug-likeness (QED) is 0.800. The first-order chi connectivity index (χ1) is 7.28. The number of aromatic nitrogens is 2. The van der Waals surface area contributed by atoms with Crippen LogP contribution in [-0.4, -0.2) is 23.1 Å². The molecular formula is C10H13N3O2. The van der Waals surface area contributed by atoms with Gasteiger partial charge >= 0.3 is 0 Å². The molecule has 1 amide bonds. The maximum absolute atomic E-state index is 11.0. The van der Waals surface area contributed by atoms with E-state index in [-0.39, 0.29) is 12.3 Å². The minimum absolute atomic E-state index is 0.112. The second-order valence-electron chi connectivity index (χ2n) is 3.55. The van der Waals surface area contributed by atoms with E-state index in [4.69, 9.17) is 4.52 Å². The minimum Gasteiger partial charge on any atom is -0.359 e. The Morgan fingerprint density at radius 1 is 1.60 bits per heavy atom. The van der Waals surface area contributed by atoms with Crippen LogP contribution in [0.2, 0.25) is 0 Å². The molecule has 0 atom stereocenters. The van der Waals surface area contributed by atoms with Gasteiger partial charge < -0.3 is 9.84 Å². The van der Waals surface area contributed by atoms with Gasteiger partial charge in [-0.25, -0.2) is 0 Å². The van der Waals surface area contributed by atoms with Crippen LogP contribution >= 0.6 is 0 Å². The van der Waals surface area contributed by atoms with E-state index in [1.54, 1.807) is 7.05 Å². The van der Waals surface area contributed by atoms with Crippen molar-refractivity contribution in [2.75, 3.05) is 7.05 Å². The molecule has 2 rings (SSSR count). The van der Waals surface area contributed by atoms with Crippen LogP contribution in [0.15, 0.2) is 10.1 Å². The molecule has 0 unspecified atom stereocenters. The number of rotatable bonds is 3. The van der Waals surface area contributed by atoms with Gasteiger partial charge in [-0.15, -0.1) is 0 Å². The first-order valence-electron chi connectivity index (χ1n) is 5.00. The summed E-state index contributed by atoms with van der Waals surface area (Å²) in [5.41, 5.74) is 1.34. The number of hydrogen-bond acceptors (Lipinski definition) is 4. The molecule has 1 heterocycles. The summed E-state index contributed by atoms with van der Waals surface area (Å²) in [5, 5.41) is 6.23. The zero-order valence-electron chi connectivity index (χ0n) is 8.62. The highest BCUT2D eigenvalue weighted by Gasteiger charge is 2.12. The molecule has 0 radical (unpaired) electrons. The summed E-state index contributed by atoms with van der Waals surface area (Å²) in [6.07, 6.45) is 5.55. The number of nitrogens with zero attached hydrogens (tertiary/aromatic N) is 2. The molecule has 1 aliphatic rings. The summed E-state index contributed by atoms with van der Waals surface area (Å²) in [7, 11) is 1.58. The number of nitrogens with one attached hydrogen (secondary N) is 1. The molecule has 1 fully saturated rings. The Morgan fingerprint density at radius 3 is 3.00 bits per heavy atom. The molecule has 5 heteroatoms. The molecule has 1 aliphatic carbocycles. The minimum atomic E-state index is -0.112. The van der Waals surface area contributed by atoms with Gasteiger partial charge in [0.25, 0.3) is 5.89 Å². The molecule has 1 aromatic heterocycles. The van der Waals surface area contributed by atoms with Crippen molar-refractivity contribution >= 4 is 12.0 Å². The lowest BCUT2D eigenvalue weighted by Gasteiger charge is -2.14. The summed E-state index contributed by atoms with van der Waals surface area (Å²) in [6.45, 7) is 0. The van der Waals surface area contributed by atoms with Crippen molar-refractivity contribution in [2.24, 2.45) is 0 Å². The van der Waals surface area contributed by atoms with Crippen LogP contribution in [0, 0.1) is 0 Å². The number of allylic oxidation sites excluding steroid dienone is 1. The zero-order valence-corrected chi connectivity index (χ0v) is 8.62. The summed E-state index contributed by atoms with van der Waals surface area (Å²) < 4.78 is 5.00. The summed E-state index contributed by atoms with van der Waals surface area (Å²) >= 11 is 0. The second-order valence-corrected chi connectivity index (χ2v) is 3.55. The molecule has 1 N–H and O–H groups in total. The van der Waals surface area contributed by atoms with Crippen LogP contribution in [0.25, 0.3) is 6.08 Å². The highest BCUT2D eigenvalue weighted by atomic mass is 16.5. The average Bonchev–Trinajstić information content (AvgIpc) is 2.59. The van der Waals surface area contributed by atoms with Crippen LogP contribution in [0.1, 0.15) is 31.0 Å². The van der Waals surface area contributed by atoms with Crippen molar-refractivity contribution < 1.29 is 9.32 Å². The number of carbonyl (C=O) groups excluding carboxylic acids is 1. The highest BCUT2D eigenvalue weighted by molar-refractivity contribution is 5.77. The van der Waals surface area contributed by atoms with Crippen molar-refractivity contribution in [3.8, 4) is 0 Å². The van der Waals surface area contributed by atoms with E-state index in [2.05, 4.69) is 15.5 Å². The molecule has 1 aromatic rings. The Bertz CT molecular complexity index is 389. The zero-order chi connectivity index (χ0) is 10.7. The molecule has 80 valence electrons. The Balaban J connectivity index is 2.00. The number of carbonyl (C=O) groups is 1.